The zero-order valence-electron chi connectivity index (χ0n) is 14.8. The van der Waals surface area contributed by atoms with Crippen LogP contribution in [-0.4, -0.2) is 15.8 Å². The molecule has 1 aromatic heterocycles. The van der Waals surface area contributed by atoms with E-state index in [0.717, 1.165) is 6.07 Å². The Morgan fingerprint density at radius 1 is 1.30 bits per heavy atom. The third-order valence-corrected chi connectivity index (χ3v) is 3.83. The molecule has 0 aliphatic rings. The van der Waals surface area contributed by atoms with Crippen LogP contribution in [0, 0.1) is 6.92 Å². The Morgan fingerprint density at radius 3 is 2.56 bits per heavy atom. The van der Waals surface area contributed by atoms with E-state index in [-0.39, 0.29) is 22.8 Å². The smallest absolute Gasteiger partial charge is 0.382 e. The number of benzene rings is 1. The minimum Gasteiger partial charge on any atom is -0.382 e. The molecular formula is C20H18F3N3O. The number of nitrogens with two attached hydrogens (primary N) is 1. The van der Waals surface area contributed by atoms with Crippen LogP contribution in [0.4, 0.5) is 19.0 Å². The van der Waals surface area contributed by atoms with Crippen LogP contribution >= 0.6 is 0 Å². The van der Waals surface area contributed by atoms with Crippen molar-refractivity contribution in [1.82, 2.24) is 9.97 Å². The number of carbonyl (C=O) groups excluding carboxylic acids is 1. The second-order valence-corrected chi connectivity index (χ2v) is 5.68. The molecule has 0 radical (unpaired) electrons. The Bertz CT molecular complexity index is 944. The summed E-state index contributed by atoms with van der Waals surface area (Å²) in [5.41, 5.74) is 6.06. The molecule has 0 saturated carbocycles. The Kier molecular flexibility index (Phi) is 5.95. The number of ketones is 1. The van der Waals surface area contributed by atoms with Crippen LogP contribution in [0.25, 0.3) is 11.3 Å². The van der Waals surface area contributed by atoms with Crippen LogP contribution in [0.2, 0.25) is 0 Å². The number of halogens is 3. The molecule has 0 spiro atoms. The van der Waals surface area contributed by atoms with Crippen molar-refractivity contribution in [3.05, 3.63) is 77.7 Å². The fraction of sp³-hybridized carbons (Fsp3) is 0.150. The standard InChI is InChI=1S/C20H18F3N3O/c1-4-6-7-13(5-2)18(27)17-19(24)25-11-16(26-17)14-8-9-15(12(3)10-14)20(21,22)23/h4-11H,1H2,2-3H3,(H2,24,25)/b7-6-,13-5+. The Morgan fingerprint density at radius 2 is 2.00 bits per heavy atom. The summed E-state index contributed by atoms with van der Waals surface area (Å²) in [6, 6.07) is 3.62. The third kappa shape index (κ3) is 4.49. The molecule has 7 heteroatoms. The molecule has 0 saturated heterocycles. The molecule has 1 aromatic carbocycles. The molecule has 2 aromatic rings. The molecule has 2 N–H and O–H groups in total. The van der Waals surface area contributed by atoms with E-state index in [1.807, 2.05) is 0 Å². The van der Waals surface area contributed by atoms with E-state index < -0.39 is 17.5 Å². The van der Waals surface area contributed by atoms with Gasteiger partial charge in [-0.15, -0.1) is 0 Å². The highest BCUT2D eigenvalue weighted by atomic mass is 19.4. The monoisotopic (exact) mass is 373 g/mol. The van der Waals surface area contributed by atoms with Gasteiger partial charge in [-0.2, -0.15) is 13.2 Å². The van der Waals surface area contributed by atoms with E-state index in [1.165, 1.54) is 31.3 Å². The van der Waals surface area contributed by atoms with Crippen LogP contribution in [0.3, 0.4) is 0 Å². The second kappa shape index (κ2) is 7.99. The minimum absolute atomic E-state index is 0.0505. The van der Waals surface area contributed by atoms with Crippen molar-refractivity contribution in [2.24, 2.45) is 0 Å². The van der Waals surface area contributed by atoms with Crippen molar-refractivity contribution in [3.8, 4) is 11.3 Å². The van der Waals surface area contributed by atoms with Gasteiger partial charge in [0.1, 0.15) is 0 Å². The first-order chi connectivity index (χ1) is 12.7. The maximum Gasteiger partial charge on any atom is 0.416 e. The number of rotatable bonds is 5. The summed E-state index contributed by atoms with van der Waals surface area (Å²) in [6.45, 7) is 6.59. The van der Waals surface area contributed by atoms with Gasteiger partial charge in [-0.1, -0.05) is 36.9 Å². The van der Waals surface area contributed by atoms with Gasteiger partial charge in [0, 0.05) is 11.1 Å². The fourth-order valence-corrected chi connectivity index (χ4v) is 2.46. The van der Waals surface area contributed by atoms with Crippen LogP contribution in [0.15, 0.2) is 60.9 Å². The lowest BCUT2D eigenvalue weighted by atomic mass is 10.0. The maximum absolute atomic E-state index is 12.9. The molecule has 0 fully saturated rings. The number of anilines is 1. The highest BCUT2D eigenvalue weighted by molar-refractivity contribution is 6.11. The van der Waals surface area contributed by atoms with Gasteiger partial charge in [0.25, 0.3) is 0 Å². The van der Waals surface area contributed by atoms with E-state index in [2.05, 4.69) is 16.5 Å². The molecule has 0 unspecified atom stereocenters. The SMILES string of the molecule is C=C/C=C\C(=C/C)C(=O)c1nc(-c2ccc(C(F)(F)F)c(C)c2)cnc1N. The average Bonchev–Trinajstić information content (AvgIpc) is 2.61. The molecule has 140 valence electrons. The van der Waals surface area contributed by atoms with Crippen molar-refractivity contribution < 1.29 is 18.0 Å². The van der Waals surface area contributed by atoms with Crippen molar-refractivity contribution in [3.63, 3.8) is 0 Å². The van der Waals surface area contributed by atoms with Gasteiger partial charge >= 0.3 is 6.18 Å². The predicted molar refractivity (Wildman–Crippen MR) is 99.0 cm³/mol. The summed E-state index contributed by atoms with van der Waals surface area (Å²) in [6.07, 6.45) is 3.16. The van der Waals surface area contributed by atoms with E-state index in [9.17, 15) is 18.0 Å². The zero-order valence-corrected chi connectivity index (χ0v) is 14.8. The van der Waals surface area contributed by atoms with Crippen molar-refractivity contribution in [1.29, 1.82) is 0 Å². The Balaban J connectivity index is 2.49. The van der Waals surface area contributed by atoms with Gasteiger partial charge in [0.2, 0.25) is 5.78 Å². The van der Waals surface area contributed by atoms with Crippen LogP contribution in [-0.2, 0) is 6.18 Å². The third-order valence-electron chi connectivity index (χ3n) is 3.83. The van der Waals surface area contributed by atoms with E-state index in [0.29, 0.717) is 11.1 Å². The predicted octanol–water partition coefficient (Wildman–Crippen LogP) is 4.92. The number of nitrogens with zero attached hydrogens (tertiary/aromatic N) is 2. The highest BCUT2D eigenvalue weighted by Gasteiger charge is 2.32. The van der Waals surface area contributed by atoms with E-state index in [1.54, 1.807) is 25.2 Å². The first kappa shape index (κ1) is 20.1. The van der Waals surface area contributed by atoms with E-state index >= 15 is 0 Å². The molecule has 0 aliphatic carbocycles. The number of Topliss-reactive ketones (excluding diaryl/α,β-unsaturated/α-hetero) is 1. The zero-order chi connectivity index (χ0) is 20.2. The number of nitrogen functional groups attached to an aromatic ring is 1. The van der Waals surface area contributed by atoms with E-state index in [4.69, 9.17) is 5.73 Å². The molecule has 0 aliphatic heterocycles. The quantitative estimate of drug-likeness (QED) is 0.459. The lowest BCUT2D eigenvalue weighted by Gasteiger charge is -2.12. The summed E-state index contributed by atoms with van der Waals surface area (Å²) in [5.74, 6) is -0.496. The van der Waals surface area contributed by atoms with Gasteiger partial charge in [0.05, 0.1) is 17.5 Å². The largest absolute Gasteiger partial charge is 0.416 e. The Hall–Kier alpha value is -3.22. The average molecular weight is 373 g/mol. The van der Waals surface area contributed by atoms with Gasteiger partial charge in [-0.25, -0.2) is 9.97 Å². The van der Waals surface area contributed by atoms with Crippen molar-refractivity contribution in [2.45, 2.75) is 20.0 Å². The second-order valence-electron chi connectivity index (χ2n) is 5.68. The number of aryl methyl sites for hydroxylation is 1. The molecule has 0 amide bonds. The number of aromatic nitrogens is 2. The molecular weight excluding hydrogens is 355 g/mol. The number of hydrogen-bond acceptors (Lipinski definition) is 4. The highest BCUT2D eigenvalue weighted by Crippen LogP contribution is 2.33. The van der Waals surface area contributed by atoms with Crippen LogP contribution < -0.4 is 5.73 Å². The molecule has 2 rings (SSSR count). The van der Waals surface area contributed by atoms with Crippen LogP contribution in [0.5, 0.6) is 0 Å². The van der Waals surface area contributed by atoms with Crippen molar-refractivity contribution in [2.75, 3.05) is 5.73 Å². The Labute approximate surface area is 155 Å². The lowest BCUT2D eigenvalue weighted by Crippen LogP contribution is -2.11. The number of carbonyl (C=O) groups is 1. The fourth-order valence-electron chi connectivity index (χ4n) is 2.46. The summed E-state index contributed by atoms with van der Waals surface area (Å²) in [7, 11) is 0. The van der Waals surface area contributed by atoms with Gasteiger partial charge < -0.3 is 5.73 Å². The molecule has 1 heterocycles. The molecule has 0 atom stereocenters. The van der Waals surface area contributed by atoms with Gasteiger partial charge in [-0.3, -0.25) is 4.79 Å². The minimum atomic E-state index is -4.44. The summed E-state index contributed by atoms with van der Waals surface area (Å²) < 4.78 is 38.8. The first-order valence-electron chi connectivity index (χ1n) is 8.00. The van der Waals surface area contributed by atoms with Crippen molar-refractivity contribution >= 4 is 11.6 Å². The van der Waals surface area contributed by atoms with Gasteiger partial charge in [-0.05, 0) is 31.5 Å². The number of allylic oxidation sites excluding steroid dienone is 5. The maximum atomic E-state index is 12.9. The summed E-state index contributed by atoms with van der Waals surface area (Å²) in [4.78, 5) is 20.9. The number of alkyl halides is 3. The summed E-state index contributed by atoms with van der Waals surface area (Å²) in [5, 5.41) is 0. The lowest BCUT2D eigenvalue weighted by molar-refractivity contribution is -0.138. The van der Waals surface area contributed by atoms with Gasteiger partial charge in [0.15, 0.2) is 11.5 Å². The van der Waals surface area contributed by atoms with Crippen LogP contribution in [0.1, 0.15) is 28.5 Å². The summed E-state index contributed by atoms with van der Waals surface area (Å²) >= 11 is 0. The molecule has 0 bridgehead atoms. The molecule has 27 heavy (non-hydrogen) atoms. The molecule has 4 nitrogen and oxygen atoms in total. The normalized spacial score (nSPS) is 12.4. The first-order valence-corrected chi connectivity index (χ1v) is 8.00. The number of hydrogen-bond donors (Lipinski definition) is 1. The topological polar surface area (TPSA) is 68.9 Å².